The first kappa shape index (κ1) is 12.0. The number of benzene rings is 1. The normalized spacial score (nSPS) is 13.5. The summed E-state index contributed by atoms with van der Waals surface area (Å²) in [7, 11) is 0. The lowest BCUT2D eigenvalue weighted by molar-refractivity contribution is 0.615. The van der Waals surface area contributed by atoms with Gasteiger partial charge >= 0.3 is 0 Å². The van der Waals surface area contributed by atoms with Gasteiger partial charge in [-0.3, -0.25) is 0 Å². The van der Waals surface area contributed by atoms with E-state index in [1.54, 1.807) is 6.07 Å². The second kappa shape index (κ2) is 5.11. The summed E-state index contributed by atoms with van der Waals surface area (Å²) in [5.74, 6) is -0.0894. The van der Waals surface area contributed by atoms with Crippen LogP contribution < -0.4 is 10.4 Å². The molecule has 0 aromatic heterocycles. The molecule has 0 spiro atoms. The van der Waals surface area contributed by atoms with Crippen molar-refractivity contribution in [2.24, 2.45) is 0 Å². The van der Waals surface area contributed by atoms with E-state index in [0.717, 1.165) is 23.6 Å². The van der Waals surface area contributed by atoms with E-state index in [2.05, 4.69) is 13.0 Å². The first-order valence-corrected chi connectivity index (χ1v) is 5.65. The van der Waals surface area contributed by atoms with E-state index in [1.165, 1.54) is 10.8 Å². The van der Waals surface area contributed by atoms with Crippen molar-refractivity contribution < 1.29 is 4.39 Å². The van der Waals surface area contributed by atoms with E-state index in [1.807, 2.05) is 26.8 Å². The molecule has 1 aliphatic carbocycles. The van der Waals surface area contributed by atoms with Crippen LogP contribution in [0.15, 0.2) is 12.1 Å². The molecule has 0 fully saturated rings. The summed E-state index contributed by atoms with van der Waals surface area (Å²) in [6, 6.07) is 3.43. The van der Waals surface area contributed by atoms with Gasteiger partial charge in [0.2, 0.25) is 0 Å². The predicted octanol–water partition coefficient (Wildman–Crippen LogP) is 2.91. The topological polar surface area (TPSA) is 0 Å². The van der Waals surface area contributed by atoms with Gasteiger partial charge in [0.15, 0.2) is 0 Å². The number of hydrogen-bond donors (Lipinski definition) is 0. The average Bonchev–Trinajstić information content (AvgIpc) is 2.26. The third-order valence-electron chi connectivity index (χ3n) is 2.74. The number of hydrogen-bond acceptors (Lipinski definition) is 0. The van der Waals surface area contributed by atoms with Crippen LogP contribution in [-0.4, -0.2) is 0 Å². The highest BCUT2D eigenvalue weighted by molar-refractivity contribution is 5.51. The molecular formula is C14H19F. The Morgan fingerprint density at radius 1 is 1.13 bits per heavy atom. The minimum atomic E-state index is -0.0894. The predicted molar refractivity (Wildman–Crippen MR) is 64.5 cm³/mol. The van der Waals surface area contributed by atoms with Gasteiger partial charge in [-0.05, 0) is 48.8 Å². The Morgan fingerprint density at radius 3 is 2.47 bits per heavy atom. The molecule has 0 saturated heterocycles. The van der Waals surface area contributed by atoms with Crippen LogP contribution in [0.5, 0.6) is 0 Å². The average molecular weight is 206 g/mol. The Kier molecular flexibility index (Phi) is 4.07. The van der Waals surface area contributed by atoms with E-state index in [-0.39, 0.29) is 5.82 Å². The van der Waals surface area contributed by atoms with E-state index in [0.29, 0.717) is 0 Å². The second-order valence-electron chi connectivity index (χ2n) is 3.66. The van der Waals surface area contributed by atoms with Crippen LogP contribution in [0.3, 0.4) is 0 Å². The Hall–Kier alpha value is -1.11. The van der Waals surface area contributed by atoms with Crippen molar-refractivity contribution in [3.63, 3.8) is 0 Å². The monoisotopic (exact) mass is 206 g/mol. The van der Waals surface area contributed by atoms with Gasteiger partial charge in [0.25, 0.3) is 0 Å². The summed E-state index contributed by atoms with van der Waals surface area (Å²) >= 11 is 0. The molecule has 0 aliphatic heterocycles. The Bertz CT molecular complexity index is 455. The molecule has 0 unspecified atom stereocenters. The summed E-state index contributed by atoms with van der Waals surface area (Å²) in [6.45, 7) is 7.95. The van der Waals surface area contributed by atoms with Gasteiger partial charge in [-0.2, -0.15) is 0 Å². The van der Waals surface area contributed by atoms with Crippen molar-refractivity contribution in [2.75, 3.05) is 0 Å². The number of rotatable bonds is 0. The molecule has 82 valence electrons. The SMILES string of the molecule is CC.CC1=c2c(C)c(F)ccc2=CCC1. The highest BCUT2D eigenvalue weighted by Crippen LogP contribution is 2.08. The van der Waals surface area contributed by atoms with Gasteiger partial charge in [0, 0.05) is 0 Å². The number of halogens is 1. The third kappa shape index (κ3) is 2.28. The van der Waals surface area contributed by atoms with E-state index < -0.39 is 0 Å². The molecule has 15 heavy (non-hydrogen) atoms. The van der Waals surface area contributed by atoms with Crippen LogP contribution in [0.4, 0.5) is 4.39 Å². The van der Waals surface area contributed by atoms with Gasteiger partial charge in [-0.25, -0.2) is 4.39 Å². The Balaban J connectivity index is 0.000000531. The second-order valence-corrected chi connectivity index (χ2v) is 3.66. The quantitative estimate of drug-likeness (QED) is 0.612. The maximum atomic E-state index is 13.3. The molecule has 0 amide bonds. The van der Waals surface area contributed by atoms with Crippen LogP contribution in [0.1, 0.15) is 39.2 Å². The van der Waals surface area contributed by atoms with Gasteiger partial charge in [0.05, 0.1) is 0 Å². The fourth-order valence-electron chi connectivity index (χ4n) is 2.01. The van der Waals surface area contributed by atoms with Gasteiger partial charge in [-0.15, -0.1) is 0 Å². The fourth-order valence-corrected chi connectivity index (χ4v) is 2.01. The molecule has 2 rings (SSSR count). The smallest absolute Gasteiger partial charge is 0.126 e. The largest absolute Gasteiger partial charge is 0.207 e. The van der Waals surface area contributed by atoms with Crippen molar-refractivity contribution in [3.05, 3.63) is 34.0 Å². The molecule has 0 bridgehead atoms. The van der Waals surface area contributed by atoms with Crippen LogP contribution in [0.25, 0.3) is 11.6 Å². The molecule has 0 saturated carbocycles. The molecule has 0 N–H and O–H groups in total. The van der Waals surface area contributed by atoms with Crippen LogP contribution in [0.2, 0.25) is 0 Å². The van der Waals surface area contributed by atoms with Crippen molar-refractivity contribution in [1.82, 2.24) is 0 Å². The van der Waals surface area contributed by atoms with Crippen molar-refractivity contribution in [3.8, 4) is 0 Å². The molecule has 1 aromatic rings. The lowest BCUT2D eigenvalue weighted by Crippen LogP contribution is -2.32. The van der Waals surface area contributed by atoms with Crippen LogP contribution in [-0.2, 0) is 0 Å². The maximum absolute atomic E-state index is 13.3. The molecule has 0 nitrogen and oxygen atoms in total. The van der Waals surface area contributed by atoms with Gasteiger partial charge in [-0.1, -0.05) is 31.6 Å². The first-order chi connectivity index (χ1) is 7.20. The summed E-state index contributed by atoms with van der Waals surface area (Å²) < 4.78 is 13.3. The van der Waals surface area contributed by atoms with Crippen molar-refractivity contribution in [1.29, 1.82) is 0 Å². The van der Waals surface area contributed by atoms with Crippen molar-refractivity contribution >= 4 is 11.6 Å². The van der Waals surface area contributed by atoms with Crippen molar-refractivity contribution in [2.45, 2.75) is 40.5 Å². The van der Waals surface area contributed by atoms with E-state index in [4.69, 9.17) is 0 Å². The van der Waals surface area contributed by atoms with Gasteiger partial charge in [0.1, 0.15) is 5.82 Å². The van der Waals surface area contributed by atoms with Gasteiger partial charge < -0.3 is 0 Å². The molecule has 1 aliphatic rings. The minimum Gasteiger partial charge on any atom is -0.207 e. The lowest BCUT2D eigenvalue weighted by atomic mass is 9.97. The standard InChI is InChI=1S/C12H13F.C2H6/c1-8-4-3-5-10-6-7-11(13)9(2)12(8)10;1-2/h5-7H,3-4H2,1-2H3;1-2H3. The zero-order valence-corrected chi connectivity index (χ0v) is 10.0. The molecular weight excluding hydrogens is 187 g/mol. The highest BCUT2D eigenvalue weighted by Gasteiger charge is 2.05. The van der Waals surface area contributed by atoms with Crippen LogP contribution in [0, 0.1) is 12.7 Å². The van der Waals surface area contributed by atoms with E-state index >= 15 is 0 Å². The fraction of sp³-hybridized carbons (Fsp3) is 0.429. The Morgan fingerprint density at radius 2 is 1.80 bits per heavy atom. The summed E-state index contributed by atoms with van der Waals surface area (Å²) in [4.78, 5) is 0. The Labute approximate surface area is 91.1 Å². The highest BCUT2D eigenvalue weighted by atomic mass is 19.1. The third-order valence-corrected chi connectivity index (χ3v) is 2.74. The van der Waals surface area contributed by atoms with Crippen LogP contribution >= 0.6 is 0 Å². The molecule has 0 atom stereocenters. The minimum absolute atomic E-state index is 0.0894. The lowest BCUT2D eigenvalue weighted by Gasteiger charge is -2.08. The maximum Gasteiger partial charge on any atom is 0.126 e. The molecule has 0 heterocycles. The molecule has 1 heteroatoms. The number of fused-ring (bicyclic) bond motifs is 1. The first-order valence-electron chi connectivity index (χ1n) is 5.65. The molecule has 1 aromatic carbocycles. The molecule has 0 radical (unpaired) electrons. The summed E-state index contributed by atoms with van der Waals surface area (Å²) in [5, 5.41) is 2.33. The van der Waals surface area contributed by atoms with E-state index in [9.17, 15) is 4.39 Å². The summed E-state index contributed by atoms with van der Waals surface area (Å²) in [5.41, 5.74) is 2.11. The zero-order valence-electron chi connectivity index (χ0n) is 10.0. The summed E-state index contributed by atoms with van der Waals surface area (Å²) in [6.07, 6.45) is 4.34. The zero-order chi connectivity index (χ0) is 11.4.